The number of aromatic nitrogens is 4. The Labute approximate surface area is 151 Å². The highest BCUT2D eigenvalue weighted by Crippen LogP contribution is 2.19. The predicted octanol–water partition coefficient (Wildman–Crippen LogP) is 3.46. The number of anilines is 1. The summed E-state index contributed by atoms with van der Waals surface area (Å²) in [6.45, 7) is 6.27. The molecule has 0 spiro atoms. The second-order valence-corrected chi connectivity index (χ2v) is 6.88. The van der Waals surface area contributed by atoms with Crippen molar-refractivity contribution in [2.75, 3.05) is 5.32 Å². The first-order valence-corrected chi connectivity index (χ1v) is 8.34. The maximum atomic E-state index is 12.6. The molecule has 3 aromatic rings. The lowest BCUT2D eigenvalue weighted by Gasteiger charge is -2.23. The fourth-order valence-corrected chi connectivity index (χ4v) is 2.59. The quantitative estimate of drug-likeness (QED) is 0.760. The van der Waals surface area contributed by atoms with Gasteiger partial charge in [0.25, 0.3) is 5.91 Å². The lowest BCUT2D eigenvalue weighted by Crippen LogP contribution is -2.40. The fraction of sp³-hybridized carbons (Fsp3) is 0.278. The minimum absolute atomic E-state index is 0.214. The monoisotopic (exact) mass is 357 g/mol. The van der Waals surface area contributed by atoms with E-state index in [4.69, 9.17) is 11.6 Å². The summed E-state index contributed by atoms with van der Waals surface area (Å²) in [7, 11) is 0. The van der Waals surface area contributed by atoms with Gasteiger partial charge in [-0.3, -0.25) is 14.2 Å². The summed E-state index contributed by atoms with van der Waals surface area (Å²) in [5.41, 5.74) is 1.52. The van der Waals surface area contributed by atoms with Gasteiger partial charge < -0.3 is 5.32 Å². The molecule has 0 atom stereocenters. The van der Waals surface area contributed by atoms with Crippen molar-refractivity contribution in [3.63, 3.8) is 0 Å². The molecule has 130 valence electrons. The second kappa shape index (κ2) is 6.72. The third-order valence-corrected chi connectivity index (χ3v) is 4.35. The number of amides is 1. The Morgan fingerprint density at radius 3 is 2.72 bits per heavy atom. The van der Waals surface area contributed by atoms with Crippen LogP contribution in [0.2, 0.25) is 5.02 Å². The number of halogens is 1. The molecule has 2 heterocycles. The molecule has 0 saturated heterocycles. The summed E-state index contributed by atoms with van der Waals surface area (Å²) >= 11 is 5.89. The molecule has 1 aromatic carbocycles. The standard InChI is InChI=1S/C18H20ClN5O/c1-13-6-4-5-7-14(13)11-23-9-8-16(22-23)21-17(25)18(2,3)24-12-15(19)10-20-24/h4-10,12H,11H2,1-3H3,(H,21,22,25). The van der Waals surface area contributed by atoms with Crippen molar-refractivity contribution in [2.45, 2.75) is 32.9 Å². The van der Waals surface area contributed by atoms with Gasteiger partial charge in [0.05, 0.1) is 17.8 Å². The van der Waals surface area contributed by atoms with Crippen molar-refractivity contribution in [3.05, 3.63) is 65.1 Å². The second-order valence-electron chi connectivity index (χ2n) is 6.44. The van der Waals surface area contributed by atoms with Gasteiger partial charge in [-0.2, -0.15) is 10.2 Å². The Bertz CT molecular complexity index is 896. The SMILES string of the molecule is Cc1ccccc1Cn1ccc(NC(=O)C(C)(C)n2cc(Cl)cn2)n1. The van der Waals surface area contributed by atoms with E-state index in [1.165, 1.54) is 22.0 Å². The van der Waals surface area contributed by atoms with Crippen molar-refractivity contribution in [1.29, 1.82) is 0 Å². The topological polar surface area (TPSA) is 64.7 Å². The van der Waals surface area contributed by atoms with Gasteiger partial charge in [0, 0.05) is 18.5 Å². The normalized spacial score (nSPS) is 11.5. The van der Waals surface area contributed by atoms with Gasteiger partial charge in [-0.15, -0.1) is 0 Å². The molecule has 7 heteroatoms. The summed E-state index contributed by atoms with van der Waals surface area (Å²) in [5, 5.41) is 11.9. The maximum absolute atomic E-state index is 12.6. The van der Waals surface area contributed by atoms with E-state index in [1.807, 2.05) is 18.3 Å². The molecule has 1 N–H and O–H groups in total. The molecule has 0 unspecified atom stereocenters. The van der Waals surface area contributed by atoms with Crippen LogP contribution in [-0.4, -0.2) is 25.5 Å². The van der Waals surface area contributed by atoms with Crippen LogP contribution in [-0.2, 0) is 16.9 Å². The Hall–Kier alpha value is -2.60. The molecular weight excluding hydrogens is 338 g/mol. The molecule has 0 bridgehead atoms. The predicted molar refractivity (Wildman–Crippen MR) is 97.7 cm³/mol. The molecule has 2 aromatic heterocycles. The third-order valence-electron chi connectivity index (χ3n) is 4.16. The first-order valence-electron chi connectivity index (χ1n) is 7.96. The van der Waals surface area contributed by atoms with E-state index in [0.717, 1.165) is 0 Å². The highest BCUT2D eigenvalue weighted by atomic mass is 35.5. The highest BCUT2D eigenvalue weighted by molar-refractivity contribution is 6.30. The van der Waals surface area contributed by atoms with E-state index in [9.17, 15) is 4.79 Å². The average molecular weight is 358 g/mol. The van der Waals surface area contributed by atoms with Crippen LogP contribution in [0.25, 0.3) is 0 Å². The van der Waals surface area contributed by atoms with Crippen molar-refractivity contribution in [3.8, 4) is 0 Å². The molecule has 3 rings (SSSR count). The number of benzene rings is 1. The van der Waals surface area contributed by atoms with E-state index in [0.29, 0.717) is 17.4 Å². The molecular formula is C18H20ClN5O. The Kier molecular flexibility index (Phi) is 4.63. The van der Waals surface area contributed by atoms with E-state index < -0.39 is 5.54 Å². The van der Waals surface area contributed by atoms with E-state index in [1.54, 1.807) is 30.8 Å². The van der Waals surface area contributed by atoms with Crippen molar-refractivity contribution in [1.82, 2.24) is 19.6 Å². The third kappa shape index (κ3) is 3.74. The fourth-order valence-electron chi connectivity index (χ4n) is 2.46. The summed E-state index contributed by atoms with van der Waals surface area (Å²) in [5.74, 6) is 0.290. The summed E-state index contributed by atoms with van der Waals surface area (Å²) in [6.07, 6.45) is 4.98. The zero-order valence-corrected chi connectivity index (χ0v) is 15.2. The van der Waals surface area contributed by atoms with E-state index in [-0.39, 0.29) is 5.91 Å². The van der Waals surface area contributed by atoms with Gasteiger partial charge in [-0.05, 0) is 31.9 Å². The van der Waals surface area contributed by atoms with E-state index >= 15 is 0 Å². The van der Waals surface area contributed by atoms with Crippen LogP contribution < -0.4 is 5.32 Å². The van der Waals surface area contributed by atoms with Gasteiger partial charge in [0.15, 0.2) is 5.82 Å². The van der Waals surface area contributed by atoms with Crippen molar-refractivity contribution < 1.29 is 4.79 Å². The first-order chi connectivity index (χ1) is 11.9. The minimum atomic E-state index is -0.882. The molecule has 0 saturated carbocycles. The lowest BCUT2D eigenvalue weighted by molar-refractivity contribution is -0.123. The summed E-state index contributed by atoms with van der Waals surface area (Å²) in [4.78, 5) is 12.6. The van der Waals surface area contributed by atoms with Crippen LogP contribution in [0.5, 0.6) is 0 Å². The van der Waals surface area contributed by atoms with Crippen LogP contribution in [0, 0.1) is 6.92 Å². The minimum Gasteiger partial charge on any atom is -0.307 e. The van der Waals surface area contributed by atoms with Crippen LogP contribution in [0.3, 0.4) is 0 Å². The molecule has 0 fully saturated rings. The Morgan fingerprint density at radius 2 is 2.04 bits per heavy atom. The number of carbonyl (C=O) groups is 1. The van der Waals surface area contributed by atoms with Gasteiger partial charge in [0.2, 0.25) is 0 Å². The zero-order valence-electron chi connectivity index (χ0n) is 14.4. The van der Waals surface area contributed by atoms with Crippen LogP contribution in [0.1, 0.15) is 25.0 Å². The number of carbonyl (C=O) groups excluding carboxylic acids is 1. The first kappa shape index (κ1) is 17.2. The van der Waals surface area contributed by atoms with Crippen LogP contribution in [0.15, 0.2) is 48.9 Å². The molecule has 0 radical (unpaired) electrons. The molecule has 0 aliphatic carbocycles. The van der Waals surface area contributed by atoms with E-state index in [2.05, 4.69) is 34.6 Å². The number of rotatable bonds is 5. The van der Waals surface area contributed by atoms with Gasteiger partial charge in [-0.25, -0.2) is 0 Å². The maximum Gasteiger partial charge on any atom is 0.252 e. The molecule has 6 nitrogen and oxygen atoms in total. The smallest absolute Gasteiger partial charge is 0.252 e. The summed E-state index contributed by atoms with van der Waals surface area (Å²) < 4.78 is 3.34. The average Bonchev–Trinajstić information content (AvgIpc) is 3.19. The molecule has 0 aliphatic heterocycles. The van der Waals surface area contributed by atoms with Gasteiger partial charge in [-0.1, -0.05) is 35.9 Å². The van der Waals surface area contributed by atoms with Gasteiger partial charge in [0.1, 0.15) is 5.54 Å². The number of nitrogens with zero attached hydrogens (tertiary/aromatic N) is 4. The molecule has 1 amide bonds. The number of hydrogen-bond donors (Lipinski definition) is 1. The summed E-state index contributed by atoms with van der Waals surface area (Å²) in [6, 6.07) is 9.94. The number of nitrogens with one attached hydrogen (secondary N) is 1. The zero-order chi connectivity index (χ0) is 18.0. The van der Waals surface area contributed by atoms with Crippen LogP contribution >= 0.6 is 11.6 Å². The Balaban J connectivity index is 1.71. The Morgan fingerprint density at radius 1 is 1.28 bits per heavy atom. The lowest BCUT2D eigenvalue weighted by atomic mass is 10.1. The largest absolute Gasteiger partial charge is 0.307 e. The van der Waals surface area contributed by atoms with Crippen LogP contribution in [0.4, 0.5) is 5.82 Å². The van der Waals surface area contributed by atoms with Crippen molar-refractivity contribution in [2.24, 2.45) is 0 Å². The van der Waals surface area contributed by atoms with Crippen molar-refractivity contribution >= 4 is 23.3 Å². The highest BCUT2D eigenvalue weighted by Gasteiger charge is 2.31. The molecule has 0 aliphatic rings. The number of aryl methyl sites for hydroxylation is 1. The number of hydrogen-bond acceptors (Lipinski definition) is 3. The molecule has 25 heavy (non-hydrogen) atoms. The van der Waals surface area contributed by atoms with Gasteiger partial charge >= 0.3 is 0 Å².